The predicted octanol–water partition coefficient (Wildman–Crippen LogP) is 2.32. The lowest BCUT2D eigenvalue weighted by Gasteiger charge is -2.27. The van der Waals surface area contributed by atoms with Gasteiger partial charge in [-0.3, -0.25) is 19.7 Å². The lowest BCUT2D eigenvalue weighted by Crippen LogP contribution is -2.45. The normalized spacial score (nSPS) is 15.6. The summed E-state index contributed by atoms with van der Waals surface area (Å²) in [6, 6.07) is 7.91. The molecule has 9 heteroatoms. The Balaban J connectivity index is 1.66. The molecule has 1 atom stereocenters. The summed E-state index contributed by atoms with van der Waals surface area (Å²) in [5.74, 6) is -1.94. The Labute approximate surface area is 159 Å². The van der Waals surface area contributed by atoms with Crippen LogP contribution in [0.3, 0.4) is 0 Å². The van der Waals surface area contributed by atoms with Crippen molar-refractivity contribution in [3.63, 3.8) is 0 Å². The van der Waals surface area contributed by atoms with Crippen molar-refractivity contribution in [1.82, 2.24) is 5.32 Å². The van der Waals surface area contributed by atoms with Gasteiger partial charge in [-0.2, -0.15) is 0 Å². The molecule has 1 unspecified atom stereocenters. The molecule has 3 rings (SSSR count). The van der Waals surface area contributed by atoms with Crippen LogP contribution in [0.25, 0.3) is 0 Å². The van der Waals surface area contributed by atoms with Crippen molar-refractivity contribution in [3.05, 3.63) is 56.3 Å². The SMILES string of the molecule is Cc1ccc(NC(=O)C(=O)NCC(O)(c2cccs2)C2CC2)c([N+](=O)[O-])c1. The number of amides is 2. The van der Waals surface area contributed by atoms with Gasteiger partial charge < -0.3 is 15.7 Å². The third-order valence-corrected chi connectivity index (χ3v) is 5.56. The van der Waals surface area contributed by atoms with Gasteiger partial charge in [0.05, 0.1) is 11.5 Å². The van der Waals surface area contributed by atoms with Gasteiger partial charge in [-0.15, -0.1) is 11.3 Å². The second kappa shape index (κ2) is 7.45. The zero-order chi connectivity index (χ0) is 19.6. The molecule has 0 radical (unpaired) electrons. The van der Waals surface area contributed by atoms with Crippen molar-refractivity contribution in [3.8, 4) is 0 Å². The number of carbonyl (C=O) groups excluding carboxylic acids is 2. The number of aliphatic hydroxyl groups is 1. The summed E-state index contributed by atoms with van der Waals surface area (Å²) in [5.41, 5.74) is -0.889. The van der Waals surface area contributed by atoms with Crippen LogP contribution in [-0.2, 0) is 15.2 Å². The number of hydrogen-bond donors (Lipinski definition) is 3. The van der Waals surface area contributed by atoms with Crippen LogP contribution < -0.4 is 10.6 Å². The van der Waals surface area contributed by atoms with Gasteiger partial charge in [0.1, 0.15) is 11.3 Å². The Morgan fingerprint density at radius 1 is 1.33 bits per heavy atom. The Morgan fingerprint density at radius 3 is 2.67 bits per heavy atom. The fraction of sp³-hybridized carbons (Fsp3) is 0.333. The number of benzene rings is 1. The van der Waals surface area contributed by atoms with Crippen LogP contribution in [0.15, 0.2) is 35.7 Å². The fourth-order valence-electron chi connectivity index (χ4n) is 2.89. The lowest BCUT2D eigenvalue weighted by molar-refractivity contribution is -0.384. The van der Waals surface area contributed by atoms with Crippen LogP contribution in [0, 0.1) is 23.0 Å². The van der Waals surface area contributed by atoms with Crippen molar-refractivity contribution in [2.24, 2.45) is 5.92 Å². The van der Waals surface area contributed by atoms with Gasteiger partial charge >= 0.3 is 11.8 Å². The Morgan fingerprint density at radius 2 is 2.07 bits per heavy atom. The lowest BCUT2D eigenvalue weighted by atomic mass is 9.95. The minimum atomic E-state index is -1.21. The van der Waals surface area contributed by atoms with E-state index in [1.165, 1.54) is 23.5 Å². The molecule has 8 nitrogen and oxygen atoms in total. The van der Waals surface area contributed by atoms with Gasteiger partial charge in [-0.05, 0) is 48.8 Å². The number of nitrogens with zero attached hydrogens (tertiary/aromatic N) is 1. The zero-order valence-corrected chi connectivity index (χ0v) is 15.4. The van der Waals surface area contributed by atoms with Crippen LogP contribution in [0.5, 0.6) is 0 Å². The topological polar surface area (TPSA) is 122 Å². The third kappa shape index (κ3) is 4.15. The molecule has 3 N–H and O–H groups in total. The smallest absolute Gasteiger partial charge is 0.313 e. The molecule has 1 aromatic heterocycles. The van der Waals surface area contributed by atoms with Gasteiger partial charge in [0.2, 0.25) is 0 Å². The molecule has 1 saturated carbocycles. The van der Waals surface area contributed by atoms with Gasteiger partial charge in [0, 0.05) is 10.9 Å². The minimum Gasteiger partial charge on any atom is -0.382 e. The number of aryl methyl sites for hydroxylation is 1. The van der Waals surface area contributed by atoms with E-state index in [0.717, 1.165) is 17.7 Å². The molecule has 0 aliphatic heterocycles. The first-order valence-corrected chi connectivity index (χ1v) is 9.30. The zero-order valence-electron chi connectivity index (χ0n) is 14.6. The van der Waals surface area contributed by atoms with E-state index < -0.39 is 22.3 Å². The van der Waals surface area contributed by atoms with Crippen LogP contribution in [-0.4, -0.2) is 28.4 Å². The standard InChI is InChI=1S/C18H19N3O5S/c1-11-4-7-13(14(9-11)21(25)26)20-17(23)16(22)19-10-18(24,12-5-6-12)15-3-2-8-27-15/h2-4,7-9,12,24H,5-6,10H2,1H3,(H,19,22)(H,20,23). The Kier molecular flexibility index (Phi) is 5.24. The van der Waals surface area contributed by atoms with Crippen molar-refractivity contribution in [2.75, 3.05) is 11.9 Å². The molecule has 0 bridgehead atoms. The molecule has 27 heavy (non-hydrogen) atoms. The van der Waals surface area contributed by atoms with E-state index in [2.05, 4.69) is 10.6 Å². The molecule has 1 aliphatic rings. The van der Waals surface area contributed by atoms with E-state index in [1.54, 1.807) is 19.1 Å². The summed E-state index contributed by atoms with van der Waals surface area (Å²) >= 11 is 1.39. The van der Waals surface area contributed by atoms with Crippen LogP contribution >= 0.6 is 11.3 Å². The number of carbonyl (C=O) groups is 2. The highest BCUT2D eigenvalue weighted by atomic mass is 32.1. The first-order valence-electron chi connectivity index (χ1n) is 8.42. The summed E-state index contributed by atoms with van der Waals surface area (Å²) in [7, 11) is 0. The molecule has 0 saturated heterocycles. The molecule has 0 spiro atoms. The van der Waals surface area contributed by atoms with Crippen LogP contribution in [0.4, 0.5) is 11.4 Å². The van der Waals surface area contributed by atoms with E-state index >= 15 is 0 Å². The van der Waals surface area contributed by atoms with Gasteiger partial charge in [-0.1, -0.05) is 12.1 Å². The maximum Gasteiger partial charge on any atom is 0.313 e. The highest BCUT2D eigenvalue weighted by Gasteiger charge is 2.46. The van der Waals surface area contributed by atoms with E-state index in [-0.39, 0.29) is 23.8 Å². The number of rotatable bonds is 6. The van der Waals surface area contributed by atoms with E-state index in [4.69, 9.17) is 0 Å². The summed E-state index contributed by atoms with van der Waals surface area (Å²) in [6.45, 7) is 1.59. The quantitative estimate of drug-likeness (QED) is 0.398. The molecule has 1 fully saturated rings. The highest BCUT2D eigenvalue weighted by molar-refractivity contribution is 7.10. The van der Waals surface area contributed by atoms with E-state index in [1.807, 2.05) is 11.4 Å². The molecular weight excluding hydrogens is 370 g/mol. The fourth-order valence-corrected chi connectivity index (χ4v) is 3.80. The number of nitro groups is 1. The van der Waals surface area contributed by atoms with E-state index in [0.29, 0.717) is 5.56 Å². The maximum absolute atomic E-state index is 12.2. The number of nitro benzene ring substituents is 1. The Hall–Kier alpha value is -2.78. The summed E-state index contributed by atoms with van der Waals surface area (Å²) in [4.78, 5) is 35.5. The van der Waals surface area contributed by atoms with Crippen molar-refractivity contribution < 1.29 is 19.6 Å². The van der Waals surface area contributed by atoms with Crippen molar-refractivity contribution in [1.29, 1.82) is 0 Å². The van der Waals surface area contributed by atoms with Crippen LogP contribution in [0.2, 0.25) is 0 Å². The molecule has 2 aromatic rings. The van der Waals surface area contributed by atoms with Crippen molar-refractivity contribution >= 4 is 34.5 Å². The third-order valence-electron chi connectivity index (χ3n) is 4.52. The van der Waals surface area contributed by atoms with Gasteiger partial charge in [0.25, 0.3) is 5.69 Å². The molecule has 1 aromatic carbocycles. The first kappa shape index (κ1) is 19.0. The molecule has 1 heterocycles. The predicted molar refractivity (Wildman–Crippen MR) is 100 cm³/mol. The largest absolute Gasteiger partial charge is 0.382 e. The van der Waals surface area contributed by atoms with Gasteiger partial charge in [0.15, 0.2) is 0 Å². The first-order chi connectivity index (χ1) is 12.8. The minimum absolute atomic E-state index is 0.0395. The second-order valence-corrected chi connectivity index (χ2v) is 7.54. The van der Waals surface area contributed by atoms with Crippen LogP contribution in [0.1, 0.15) is 23.3 Å². The summed E-state index contributed by atoms with van der Waals surface area (Å²) in [6.07, 6.45) is 1.71. The number of thiophene rings is 1. The summed E-state index contributed by atoms with van der Waals surface area (Å²) < 4.78 is 0. The number of hydrogen-bond acceptors (Lipinski definition) is 6. The maximum atomic E-state index is 12.2. The second-order valence-electron chi connectivity index (χ2n) is 6.59. The monoisotopic (exact) mass is 389 g/mol. The molecule has 2 amide bonds. The number of anilines is 1. The summed E-state index contributed by atoms with van der Waals surface area (Å²) in [5, 5.41) is 28.6. The average Bonchev–Trinajstić information content (AvgIpc) is 3.35. The molecule has 142 valence electrons. The highest BCUT2D eigenvalue weighted by Crippen LogP contribution is 2.46. The number of nitrogens with one attached hydrogen (secondary N) is 2. The Bertz CT molecular complexity index is 879. The van der Waals surface area contributed by atoms with Gasteiger partial charge in [-0.25, -0.2) is 0 Å². The molecule has 1 aliphatic carbocycles. The van der Waals surface area contributed by atoms with Crippen molar-refractivity contribution in [2.45, 2.75) is 25.4 Å². The van der Waals surface area contributed by atoms with E-state index in [9.17, 15) is 24.8 Å². The average molecular weight is 389 g/mol. The molecular formula is C18H19N3O5S.